The maximum absolute atomic E-state index is 6.40. The fourth-order valence-electron chi connectivity index (χ4n) is 3.88. The maximum atomic E-state index is 6.40. The summed E-state index contributed by atoms with van der Waals surface area (Å²) < 4.78 is 15.1. The van der Waals surface area contributed by atoms with Gasteiger partial charge in [0.25, 0.3) is 0 Å². The summed E-state index contributed by atoms with van der Waals surface area (Å²) in [5, 5.41) is 0. The highest BCUT2D eigenvalue weighted by Crippen LogP contribution is 2.45. The number of rotatable bonds is 16. The maximum Gasteiger partial charge on any atom is 0.128 e. The van der Waals surface area contributed by atoms with E-state index < -0.39 is 0 Å². The SMILES string of the molecule is CCCCCCCOc1cc(-c2ccc(Br)s2)c(OCCCCCCC)cc1-c1ccc(Br)s1. The summed E-state index contributed by atoms with van der Waals surface area (Å²) in [4.78, 5) is 2.39. The Morgan fingerprint density at radius 1 is 0.588 bits per heavy atom. The topological polar surface area (TPSA) is 18.5 Å². The second kappa shape index (κ2) is 15.3. The lowest BCUT2D eigenvalue weighted by atomic mass is 10.1. The molecule has 0 bridgehead atoms. The van der Waals surface area contributed by atoms with E-state index in [1.807, 2.05) is 0 Å². The standard InChI is InChI=1S/C28H36Br2O2S2/c1-3-5-7-9-11-17-31-23-19-22(26-14-16-28(30)34-26)24(32-18-12-10-8-6-4-2)20-21(23)25-13-15-27(29)33-25/h13-16,19-20H,3-12,17-18H2,1-2H3. The quantitative estimate of drug-likeness (QED) is 0.147. The van der Waals surface area contributed by atoms with Gasteiger partial charge in [-0.25, -0.2) is 0 Å². The van der Waals surface area contributed by atoms with Gasteiger partial charge in [-0.2, -0.15) is 0 Å². The largest absolute Gasteiger partial charge is 0.493 e. The highest BCUT2D eigenvalue weighted by Gasteiger charge is 2.18. The van der Waals surface area contributed by atoms with Gasteiger partial charge in [-0.15, -0.1) is 22.7 Å². The van der Waals surface area contributed by atoms with Crippen molar-refractivity contribution in [1.82, 2.24) is 0 Å². The highest BCUT2D eigenvalue weighted by atomic mass is 79.9. The number of hydrogen-bond donors (Lipinski definition) is 0. The zero-order chi connectivity index (χ0) is 24.2. The molecule has 0 saturated heterocycles. The minimum atomic E-state index is 0.745. The predicted molar refractivity (Wildman–Crippen MR) is 157 cm³/mol. The van der Waals surface area contributed by atoms with Crippen LogP contribution >= 0.6 is 54.5 Å². The van der Waals surface area contributed by atoms with E-state index in [1.54, 1.807) is 22.7 Å². The van der Waals surface area contributed by atoms with Crippen LogP contribution in [-0.4, -0.2) is 13.2 Å². The van der Waals surface area contributed by atoms with Gasteiger partial charge < -0.3 is 9.47 Å². The first kappa shape index (κ1) is 27.8. The molecule has 2 nitrogen and oxygen atoms in total. The molecule has 6 heteroatoms. The molecule has 186 valence electrons. The molecular weight excluding hydrogens is 592 g/mol. The highest BCUT2D eigenvalue weighted by molar-refractivity contribution is 9.11. The minimum absolute atomic E-state index is 0.745. The van der Waals surface area contributed by atoms with Crippen LogP contribution in [0.15, 0.2) is 44.0 Å². The van der Waals surface area contributed by atoms with E-state index in [9.17, 15) is 0 Å². The van der Waals surface area contributed by atoms with Crippen molar-refractivity contribution in [3.8, 4) is 32.4 Å². The fraction of sp³-hybridized carbons (Fsp3) is 0.500. The van der Waals surface area contributed by atoms with E-state index in [-0.39, 0.29) is 0 Å². The summed E-state index contributed by atoms with van der Waals surface area (Å²) in [6, 6.07) is 12.9. The third-order valence-corrected chi connectivity index (χ3v) is 9.08. The lowest BCUT2D eigenvalue weighted by molar-refractivity contribution is 0.298. The van der Waals surface area contributed by atoms with Gasteiger partial charge >= 0.3 is 0 Å². The number of unbranched alkanes of at least 4 members (excludes halogenated alkanes) is 8. The van der Waals surface area contributed by atoms with E-state index in [0.717, 1.165) is 56.3 Å². The predicted octanol–water partition coefficient (Wildman–Crippen LogP) is 11.4. The summed E-state index contributed by atoms with van der Waals surface area (Å²) in [5.41, 5.74) is 2.23. The molecule has 0 aliphatic carbocycles. The molecule has 0 amide bonds. The van der Waals surface area contributed by atoms with E-state index in [0.29, 0.717) is 0 Å². The van der Waals surface area contributed by atoms with Crippen molar-refractivity contribution >= 4 is 54.5 Å². The van der Waals surface area contributed by atoms with Crippen molar-refractivity contribution in [3.63, 3.8) is 0 Å². The Balaban J connectivity index is 1.85. The van der Waals surface area contributed by atoms with Crippen molar-refractivity contribution < 1.29 is 9.47 Å². The molecule has 0 N–H and O–H groups in total. The summed E-state index contributed by atoms with van der Waals surface area (Å²) in [5.74, 6) is 1.89. The van der Waals surface area contributed by atoms with E-state index in [2.05, 4.69) is 82.1 Å². The average Bonchev–Trinajstić information content (AvgIpc) is 3.46. The van der Waals surface area contributed by atoms with Crippen molar-refractivity contribution in [3.05, 3.63) is 44.0 Å². The summed E-state index contributed by atoms with van der Waals surface area (Å²) >= 11 is 10.7. The normalized spacial score (nSPS) is 11.2. The molecule has 34 heavy (non-hydrogen) atoms. The number of halogens is 2. The molecule has 2 aromatic heterocycles. The Morgan fingerprint density at radius 2 is 1.00 bits per heavy atom. The third kappa shape index (κ3) is 8.69. The lowest BCUT2D eigenvalue weighted by Gasteiger charge is -2.17. The first-order valence-electron chi connectivity index (χ1n) is 12.6. The third-order valence-electron chi connectivity index (χ3n) is 5.77. The van der Waals surface area contributed by atoms with Crippen LogP contribution < -0.4 is 9.47 Å². The van der Waals surface area contributed by atoms with Crippen LogP contribution in [-0.2, 0) is 0 Å². The molecule has 0 fully saturated rings. The molecule has 0 spiro atoms. The monoisotopic (exact) mass is 626 g/mol. The molecule has 0 aliphatic rings. The summed E-state index contributed by atoms with van der Waals surface area (Å²) in [6.07, 6.45) is 12.3. The molecular formula is C28H36Br2O2S2. The molecule has 0 atom stereocenters. The summed E-state index contributed by atoms with van der Waals surface area (Å²) in [7, 11) is 0. The van der Waals surface area contributed by atoms with Crippen LogP contribution in [0.1, 0.15) is 78.1 Å². The fourth-order valence-corrected chi connectivity index (χ4v) is 6.69. The Morgan fingerprint density at radius 3 is 1.35 bits per heavy atom. The van der Waals surface area contributed by atoms with Crippen LogP contribution in [0.4, 0.5) is 0 Å². The van der Waals surface area contributed by atoms with Gasteiger partial charge in [0.1, 0.15) is 11.5 Å². The van der Waals surface area contributed by atoms with Crippen LogP contribution in [0.2, 0.25) is 0 Å². The Labute approximate surface area is 230 Å². The second-order valence-corrected chi connectivity index (χ2v) is 13.5. The Bertz CT molecular complexity index is 916. The number of ether oxygens (including phenoxy) is 2. The number of thiophene rings is 2. The first-order chi connectivity index (χ1) is 16.6. The molecule has 3 aromatic rings. The lowest BCUT2D eigenvalue weighted by Crippen LogP contribution is -2.02. The van der Waals surface area contributed by atoms with E-state index in [1.165, 1.54) is 61.1 Å². The van der Waals surface area contributed by atoms with Gasteiger partial charge in [0.2, 0.25) is 0 Å². The summed E-state index contributed by atoms with van der Waals surface area (Å²) in [6.45, 7) is 5.99. The van der Waals surface area contributed by atoms with Crippen molar-refractivity contribution in [2.24, 2.45) is 0 Å². The molecule has 0 saturated carbocycles. The van der Waals surface area contributed by atoms with Gasteiger partial charge in [0.15, 0.2) is 0 Å². The average molecular weight is 629 g/mol. The Kier molecular flexibility index (Phi) is 12.5. The van der Waals surface area contributed by atoms with Gasteiger partial charge in [-0.1, -0.05) is 65.2 Å². The van der Waals surface area contributed by atoms with Gasteiger partial charge in [-0.05, 0) is 81.1 Å². The molecule has 2 heterocycles. The van der Waals surface area contributed by atoms with Crippen LogP contribution in [0.3, 0.4) is 0 Å². The molecule has 1 aromatic carbocycles. The second-order valence-electron chi connectivity index (χ2n) is 8.58. The molecule has 3 rings (SSSR count). The van der Waals surface area contributed by atoms with Gasteiger partial charge in [-0.3, -0.25) is 0 Å². The van der Waals surface area contributed by atoms with E-state index in [4.69, 9.17) is 9.47 Å². The van der Waals surface area contributed by atoms with E-state index >= 15 is 0 Å². The van der Waals surface area contributed by atoms with Gasteiger partial charge in [0, 0.05) is 20.9 Å². The minimum Gasteiger partial charge on any atom is -0.493 e. The molecule has 0 radical (unpaired) electrons. The van der Waals surface area contributed by atoms with Crippen molar-refractivity contribution in [2.75, 3.05) is 13.2 Å². The molecule has 0 aliphatic heterocycles. The molecule has 0 unspecified atom stereocenters. The van der Waals surface area contributed by atoms with Gasteiger partial charge in [0.05, 0.1) is 20.8 Å². The van der Waals surface area contributed by atoms with Crippen LogP contribution in [0.25, 0.3) is 20.9 Å². The number of benzene rings is 1. The first-order valence-corrected chi connectivity index (χ1v) is 15.8. The van der Waals surface area contributed by atoms with Crippen molar-refractivity contribution in [1.29, 1.82) is 0 Å². The zero-order valence-corrected chi connectivity index (χ0v) is 25.1. The van der Waals surface area contributed by atoms with Crippen molar-refractivity contribution in [2.45, 2.75) is 78.1 Å². The Hall–Kier alpha value is -0.820. The smallest absolute Gasteiger partial charge is 0.128 e. The number of hydrogen-bond acceptors (Lipinski definition) is 4. The van der Waals surface area contributed by atoms with Crippen LogP contribution in [0.5, 0.6) is 11.5 Å². The zero-order valence-electron chi connectivity index (χ0n) is 20.3. The van der Waals surface area contributed by atoms with Crippen LogP contribution in [0, 0.1) is 0 Å².